The second kappa shape index (κ2) is 38.8. The molecule has 6 nitrogen and oxygen atoms in total. The van der Waals surface area contributed by atoms with Crippen LogP contribution in [0.4, 0.5) is 0 Å². The van der Waals surface area contributed by atoms with E-state index in [2.05, 4.69) is 39.0 Å². The zero-order valence-electron chi connectivity index (χ0n) is 33.1. The number of rotatable bonds is 36. The Labute approximate surface area is 313 Å². The van der Waals surface area contributed by atoms with Gasteiger partial charge in [-0.1, -0.05) is 184 Å². The SMILES string of the molecule is CC/C=C\C/C=C\CC(O)/C=C/C=C\C/C=C\CCCC(=O)OC[C@@H](O)COC(=O)CCCCCCCCCCCCCCCCCCC(C)C. The van der Waals surface area contributed by atoms with Crippen molar-refractivity contribution in [2.75, 3.05) is 13.2 Å². The van der Waals surface area contributed by atoms with Crippen LogP contribution in [0.25, 0.3) is 0 Å². The van der Waals surface area contributed by atoms with Crippen molar-refractivity contribution in [1.29, 1.82) is 0 Å². The Bertz CT molecular complexity index is 931. The van der Waals surface area contributed by atoms with E-state index in [1.54, 1.807) is 6.08 Å². The van der Waals surface area contributed by atoms with E-state index in [1.165, 1.54) is 89.9 Å². The predicted molar refractivity (Wildman–Crippen MR) is 216 cm³/mol. The highest BCUT2D eigenvalue weighted by Gasteiger charge is 2.12. The molecule has 0 fully saturated rings. The Morgan fingerprint density at radius 3 is 1.57 bits per heavy atom. The Morgan fingerprint density at radius 1 is 0.549 bits per heavy atom. The molecule has 2 atom stereocenters. The second-order valence-corrected chi connectivity index (χ2v) is 14.4. The van der Waals surface area contributed by atoms with E-state index in [4.69, 9.17) is 9.47 Å². The summed E-state index contributed by atoms with van der Waals surface area (Å²) in [6.45, 7) is 6.43. The van der Waals surface area contributed by atoms with Gasteiger partial charge in [0.15, 0.2) is 0 Å². The fourth-order valence-electron chi connectivity index (χ4n) is 5.63. The van der Waals surface area contributed by atoms with Gasteiger partial charge in [-0.25, -0.2) is 0 Å². The average molecular weight is 715 g/mol. The standard InChI is InChI=1S/C45H78O6/c1-4-5-6-7-25-30-35-42(46)36-31-26-21-18-19-23-28-33-38-45(49)51-40-43(47)39-50-44(48)37-32-27-22-17-15-13-11-9-8-10-12-14-16-20-24-29-34-41(2)3/h5-6,19,21,23,25-26,30-31,36,41-43,46-47H,4,7-18,20,22,24,27-29,32-35,37-40H2,1-3H3/b6-5-,23-19-,26-21-,30-25-,36-31+/t42?,43-/m0/s1. The maximum atomic E-state index is 12.0. The van der Waals surface area contributed by atoms with Gasteiger partial charge in [0.05, 0.1) is 6.10 Å². The Balaban J connectivity index is 3.56. The van der Waals surface area contributed by atoms with Gasteiger partial charge in [-0.2, -0.15) is 0 Å². The maximum absolute atomic E-state index is 12.0. The highest BCUT2D eigenvalue weighted by Crippen LogP contribution is 2.15. The summed E-state index contributed by atoms with van der Waals surface area (Å²) in [5, 5.41) is 20.0. The molecule has 0 heterocycles. The molecule has 0 aromatic rings. The van der Waals surface area contributed by atoms with Crippen LogP contribution in [-0.2, 0) is 19.1 Å². The summed E-state index contributed by atoms with van der Waals surface area (Å²) >= 11 is 0. The van der Waals surface area contributed by atoms with Crippen LogP contribution in [0.2, 0.25) is 0 Å². The van der Waals surface area contributed by atoms with Crippen LogP contribution in [0.15, 0.2) is 60.8 Å². The molecule has 2 N–H and O–H groups in total. The van der Waals surface area contributed by atoms with Crippen LogP contribution in [-0.4, -0.2) is 47.6 Å². The van der Waals surface area contributed by atoms with Gasteiger partial charge in [-0.15, -0.1) is 0 Å². The molecule has 1 unspecified atom stereocenters. The molecule has 294 valence electrons. The van der Waals surface area contributed by atoms with Gasteiger partial charge in [0.2, 0.25) is 0 Å². The Hall–Kier alpha value is -2.44. The van der Waals surface area contributed by atoms with Crippen LogP contribution >= 0.6 is 0 Å². The van der Waals surface area contributed by atoms with Crippen molar-refractivity contribution >= 4 is 11.9 Å². The lowest BCUT2D eigenvalue weighted by Gasteiger charge is -2.12. The smallest absolute Gasteiger partial charge is 0.305 e. The number of hydrogen-bond donors (Lipinski definition) is 2. The van der Waals surface area contributed by atoms with Crippen molar-refractivity contribution < 1.29 is 29.3 Å². The molecule has 0 radical (unpaired) electrons. The minimum atomic E-state index is -1.01. The third-order valence-electron chi connectivity index (χ3n) is 8.78. The molecule has 0 aromatic heterocycles. The Kier molecular flexibility index (Phi) is 36.9. The van der Waals surface area contributed by atoms with Crippen LogP contribution < -0.4 is 0 Å². The highest BCUT2D eigenvalue weighted by atomic mass is 16.6. The summed E-state index contributed by atoms with van der Waals surface area (Å²) in [4.78, 5) is 24.0. The normalized spacial score (nSPS) is 13.5. The van der Waals surface area contributed by atoms with E-state index in [9.17, 15) is 19.8 Å². The zero-order chi connectivity index (χ0) is 37.5. The predicted octanol–water partition coefficient (Wildman–Crippen LogP) is 12.0. The lowest BCUT2D eigenvalue weighted by atomic mass is 10.0. The molecular weight excluding hydrogens is 636 g/mol. The van der Waals surface area contributed by atoms with Crippen LogP contribution in [0.5, 0.6) is 0 Å². The van der Waals surface area contributed by atoms with Gasteiger partial charge in [-0.3, -0.25) is 9.59 Å². The van der Waals surface area contributed by atoms with Gasteiger partial charge in [0.25, 0.3) is 0 Å². The first kappa shape index (κ1) is 48.6. The number of esters is 2. The van der Waals surface area contributed by atoms with Gasteiger partial charge in [0.1, 0.15) is 19.3 Å². The quantitative estimate of drug-likeness (QED) is 0.0290. The van der Waals surface area contributed by atoms with Gasteiger partial charge < -0.3 is 19.7 Å². The summed E-state index contributed by atoms with van der Waals surface area (Å²) in [5.41, 5.74) is 0. The summed E-state index contributed by atoms with van der Waals surface area (Å²) < 4.78 is 10.3. The van der Waals surface area contributed by atoms with E-state index < -0.39 is 12.2 Å². The lowest BCUT2D eigenvalue weighted by Crippen LogP contribution is -2.25. The first-order valence-corrected chi connectivity index (χ1v) is 20.8. The number of ether oxygens (including phenoxy) is 2. The van der Waals surface area contributed by atoms with Crippen molar-refractivity contribution in [3.63, 3.8) is 0 Å². The molecule has 0 rings (SSSR count). The molecule has 0 spiro atoms. The molecule has 0 saturated heterocycles. The van der Waals surface area contributed by atoms with Crippen LogP contribution in [0.1, 0.15) is 181 Å². The van der Waals surface area contributed by atoms with Gasteiger partial charge >= 0.3 is 11.9 Å². The molecular formula is C45H78O6. The number of hydrogen-bond acceptors (Lipinski definition) is 6. The number of aliphatic hydroxyl groups is 2. The third kappa shape index (κ3) is 40.2. The molecule has 0 saturated carbocycles. The minimum absolute atomic E-state index is 0.150. The lowest BCUT2D eigenvalue weighted by molar-refractivity contribution is -0.152. The second-order valence-electron chi connectivity index (χ2n) is 14.4. The van der Waals surface area contributed by atoms with E-state index in [0.717, 1.165) is 50.9 Å². The average Bonchev–Trinajstić information content (AvgIpc) is 3.11. The highest BCUT2D eigenvalue weighted by molar-refractivity contribution is 5.69. The first-order valence-electron chi connectivity index (χ1n) is 20.8. The van der Waals surface area contributed by atoms with E-state index >= 15 is 0 Å². The molecule has 0 bridgehead atoms. The topological polar surface area (TPSA) is 93.1 Å². The fourth-order valence-corrected chi connectivity index (χ4v) is 5.63. The van der Waals surface area contributed by atoms with Gasteiger partial charge in [-0.05, 0) is 50.9 Å². The summed E-state index contributed by atoms with van der Waals surface area (Å²) in [5.74, 6) is 0.184. The third-order valence-corrected chi connectivity index (χ3v) is 8.78. The van der Waals surface area contributed by atoms with Crippen molar-refractivity contribution in [3.8, 4) is 0 Å². The molecule has 6 heteroatoms. The van der Waals surface area contributed by atoms with Crippen molar-refractivity contribution in [2.24, 2.45) is 5.92 Å². The fraction of sp³-hybridized carbons (Fsp3) is 0.733. The number of unbranched alkanes of at least 4 members (excludes halogenated alkanes) is 16. The largest absolute Gasteiger partial charge is 0.463 e. The number of carbonyl (C=O) groups is 2. The van der Waals surface area contributed by atoms with Crippen molar-refractivity contribution in [2.45, 2.75) is 193 Å². The minimum Gasteiger partial charge on any atom is -0.463 e. The molecule has 0 aliphatic carbocycles. The van der Waals surface area contributed by atoms with Crippen LogP contribution in [0, 0.1) is 5.92 Å². The molecule has 0 aromatic carbocycles. The van der Waals surface area contributed by atoms with Crippen LogP contribution in [0.3, 0.4) is 0 Å². The Morgan fingerprint density at radius 2 is 1.02 bits per heavy atom. The molecule has 0 amide bonds. The molecule has 0 aliphatic rings. The number of aliphatic hydroxyl groups excluding tert-OH is 2. The monoisotopic (exact) mass is 715 g/mol. The zero-order valence-corrected chi connectivity index (χ0v) is 33.1. The summed E-state index contributed by atoms with van der Waals surface area (Å²) in [6, 6.07) is 0. The summed E-state index contributed by atoms with van der Waals surface area (Å²) in [6.07, 6.45) is 46.0. The first-order chi connectivity index (χ1) is 24.8. The van der Waals surface area contributed by atoms with E-state index in [-0.39, 0.29) is 31.6 Å². The molecule has 51 heavy (non-hydrogen) atoms. The van der Waals surface area contributed by atoms with Crippen molar-refractivity contribution in [1.82, 2.24) is 0 Å². The summed E-state index contributed by atoms with van der Waals surface area (Å²) in [7, 11) is 0. The molecule has 0 aliphatic heterocycles. The van der Waals surface area contributed by atoms with Crippen molar-refractivity contribution in [3.05, 3.63) is 60.8 Å². The number of allylic oxidation sites excluding steroid dienone is 8. The maximum Gasteiger partial charge on any atom is 0.305 e. The number of carbonyl (C=O) groups excluding carboxylic acids is 2. The van der Waals surface area contributed by atoms with E-state index in [1.807, 2.05) is 36.5 Å². The van der Waals surface area contributed by atoms with E-state index in [0.29, 0.717) is 19.3 Å². The van der Waals surface area contributed by atoms with Gasteiger partial charge in [0, 0.05) is 12.8 Å².